The van der Waals surface area contributed by atoms with Gasteiger partial charge < -0.3 is 5.11 Å². The molecule has 2 heterocycles. The molecule has 0 unspecified atom stereocenters. The van der Waals surface area contributed by atoms with Gasteiger partial charge in [-0.15, -0.1) is 0 Å². The summed E-state index contributed by atoms with van der Waals surface area (Å²) >= 11 is 0. The Morgan fingerprint density at radius 3 is 2.48 bits per heavy atom. The molecule has 2 fully saturated rings. The van der Waals surface area contributed by atoms with Gasteiger partial charge in [0.1, 0.15) is 0 Å². The van der Waals surface area contributed by atoms with E-state index in [1.807, 2.05) is 0 Å². The van der Waals surface area contributed by atoms with Crippen molar-refractivity contribution < 1.29 is 13.5 Å². The monoisotopic (exact) mass is 390 g/mol. The van der Waals surface area contributed by atoms with Crippen molar-refractivity contribution in [2.24, 2.45) is 0 Å². The second-order valence-electron chi connectivity index (χ2n) is 8.15. The summed E-state index contributed by atoms with van der Waals surface area (Å²) in [6.07, 6.45) is 9.05. The van der Waals surface area contributed by atoms with Crippen molar-refractivity contribution in [2.45, 2.75) is 50.1 Å². The van der Waals surface area contributed by atoms with Crippen LogP contribution in [-0.2, 0) is 10.0 Å². The van der Waals surface area contributed by atoms with E-state index in [1.165, 1.54) is 35.8 Å². The van der Waals surface area contributed by atoms with Crippen LogP contribution < -0.4 is 0 Å². The average molecular weight is 391 g/mol. The first kappa shape index (κ1) is 19.1. The molecule has 0 saturated carbocycles. The van der Waals surface area contributed by atoms with Crippen LogP contribution in [0.3, 0.4) is 0 Å². The lowest BCUT2D eigenvalue weighted by molar-refractivity contribution is -0.0553. The van der Waals surface area contributed by atoms with Gasteiger partial charge >= 0.3 is 0 Å². The van der Waals surface area contributed by atoms with Gasteiger partial charge in [-0.1, -0.05) is 30.3 Å². The number of fused-ring (bicyclic) bond motifs is 1. The van der Waals surface area contributed by atoms with Crippen LogP contribution in [0.5, 0.6) is 0 Å². The third kappa shape index (κ3) is 3.73. The van der Waals surface area contributed by atoms with E-state index in [-0.39, 0.29) is 24.6 Å². The maximum atomic E-state index is 12.2. The largest absolute Gasteiger partial charge is 0.395 e. The Morgan fingerprint density at radius 2 is 1.85 bits per heavy atom. The van der Waals surface area contributed by atoms with Crippen molar-refractivity contribution in [1.29, 1.82) is 0 Å². The zero-order valence-corrected chi connectivity index (χ0v) is 16.9. The van der Waals surface area contributed by atoms with Crippen LogP contribution in [0.4, 0.5) is 0 Å². The molecular weight excluding hydrogens is 360 g/mol. The van der Waals surface area contributed by atoms with Gasteiger partial charge in [0.2, 0.25) is 10.0 Å². The van der Waals surface area contributed by atoms with Crippen LogP contribution in [0.2, 0.25) is 0 Å². The van der Waals surface area contributed by atoms with Gasteiger partial charge in [0, 0.05) is 31.1 Å². The van der Waals surface area contributed by atoms with E-state index in [0.717, 1.165) is 25.8 Å². The minimum Gasteiger partial charge on any atom is -0.395 e. The third-order valence-electron chi connectivity index (χ3n) is 6.51. The first-order valence-electron chi connectivity index (χ1n) is 10.1. The number of allylic oxidation sites excluding steroid dienone is 2. The average Bonchev–Trinajstić information content (AvgIpc) is 3.14. The number of benzene rings is 1. The number of hydrogen-bond donors (Lipinski definition) is 1. The summed E-state index contributed by atoms with van der Waals surface area (Å²) in [5.74, 6) is 0.184. The minimum absolute atomic E-state index is 0.0889. The van der Waals surface area contributed by atoms with Crippen molar-refractivity contribution in [2.75, 3.05) is 32.5 Å². The van der Waals surface area contributed by atoms with Crippen molar-refractivity contribution in [3.8, 4) is 0 Å². The third-order valence-corrected chi connectivity index (χ3v) is 7.78. The molecule has 148 valence electrons. The Bertz CT molecular complexity index is 803. The second-order valence-corrected chi connectivity index (χ2v) is 10.1. The molecule has 1 aromatic carbocycles. The Kier molecular flexibility index (Phi) is 5.43. The number of aliphatic hydroxyl groups is 1. The maximum absolute atomic E-state index is 12.2. The fourth-order valence-electron chi connectivity index (χ4n) is 5.06. The van der Waals surface area contributed by atoms with Gasteiger partial charge in [-0.2, -0.15) is 0 Å². The standard InChI is InChI=1S/C21H30N2O3S/c1-27(25,26)22-12-4-5-13-23-19(14-22)21(20(23)15-24)18-10-8-17(9-11-18)16-6-2-3-7-16/h6,8-11,19-21,24H,2-5,7,12-15H2,1H3/t19-,20+,21+/m0/s1. The van der Waals surface area contributed by atoms with E-state index in [0.29, 0.717) is 13.1 Å². The summed E-state index contributed by atoms with van der Waals surface area (Å²) < 4.78 is 26.0. The van der Waals surface area contributed by atoms with Gasteiger partial charge in [-0.05, 0) is 55.3 Å². The Balaban J connectivity index is 1.58. The lowest BCUT2D eigenvalue weighted by Gasteiger charge is -2.57. The lowest BCUT2D eigenvalue weighted by atomic mass is 9.74. The Hall–Kier alpha value is -1.21. The van der Waals surface area contributed by atoms with Gasteiger partial charge in [-0.25, -0.2) is 12.7 Å². The van der Waals surface area contributed by atoms with E-state index in [2.05, 4.69) is 35.2 Å². The molecule has 3 aliphatic rings. The van der Waals surface area contributed by atoms with Gasteiger partial charge in [-0.3, -0.25) is 4.90 Å². The van der Waals surface area contributed by atoms with Crippen LogP contribution in [-0.4, -0.2) is 67.3 Å². The molecule has 1 N–H and O–H groups in total. The molecule has 2 saturated heterocycles. The topological polar surface area (TPSA) is 60.9 Å². The molecule has 0 radical (unpaired) electrons. The fraction of sp³-hybridized carbons (Fsp3) is 0.619. The number of hydrogen-bond acceptors (Lipinski definition) is 4. The maximum Gasteiger partial charge on any atom is 0.211 e. The predicted octanol–water partition coefficient (Wildman–Crippen LogP) is 2.44. The summed E-state index contributed by atoms with van der Waals surface area (Å²) in [4.78, 5) is 2.31. The SMILES string of the molecule is CS(=O)(=O)N1CCCCN2[C@H](CO)[C@H](c3ccc(C4=CCCC4)cc3)[C@@H]2C1. The first-order chi connectivity index (χ1) is 13.0. The minimum atomic E-state index is -3.20. The highest BCUT2D eigenvalue weighted by Gasteiger charge is 2.49. The van der Waals surface area contributed by atoms with Crippen molar-refractivity contribution in [1.82, 2.24) is 9.21 Å². The van der Waals surface area contributed by atoms with Gasteiger partial charge in [0.05, 0.1) is 12.9 Å². The van der Waals surface area contributed by atoms with Crippen LogP contribution in [0.25, 0.3) is 5.57 Å². The molecule has 1 aliphatic carbocycles. The summed E-state index contributed by atoms with van der Waals surface area (Å²) in [7, 11) is -3.20. The van der Waals surface area contributed by atoms with Gasteiger partial charge in [0.25, 0.3) is 0 Å². The molecule has 27 heavy (non-hydrogen) atoms. The smallest absolute Gasteiger partial charge is 0.211 e. The lowest BCUT2D eigenvalue weighted by Crippen LogP contribution is -2.67. The number of rotatable bonds is 4. The van der Waals surface area contributed by atoms with Crippen LogP contribution in [0, 0.1) is 0 Å². The van der Waals surface area contributed by atoms with Gasteiger partial charge in [0.15, 0.2) is 0 Å². The molecular formula is C21H30N2O3S. The molecule has 0 spiro atoms. The first-order valence-corrected chi connectivity index (χ1v) is 11.9. The Morgan fingerprint density at radius 1 is 1.11 bits per heavy atom. The Labute approximate surface area is 162 Å². The highest BCUT2D eigenvalue weighted by atomic mass is 32.2. The zero-order valence-electron chi connectivity index (χ0n) is 16.0. The summed E-state index contributed by atoms with van der Waals surface area (Å²) in [6, 6.07) is 8.99. The molecule has 5 nitrogen and oxygen atoms in total. The molecule has 0 amide bonds. The quantitative estimate of drug-likeness (QED) is 0.858. The van der Waals surface area contributed by atoms with E-state index in [1.54, 1.807) is 4.31 Å². The molecule has 0 bridgehead atoms. The predicted molar refractivity (Wildman–Crippen MR) is 108 cm³/mol. The van der Waals surface area contributed by atoms with E-state index < -0.39 is 10.0 Å². The highest BCUT2D eigenvalue weighted by Crippen LogP contribution is 2.42. The summed E-state index contributed by atoms with van der Waals surface area (Å²) in [5, 5.41) is 9.99. The number of aliphatic hydroxyl groups excluding tert-OH is 1. The van der Waals surface area contributed by atoms with E-state index >= 15 is 0 Å². The molecule has 2 aliphatic heterocycles. The fourth-order valence-corrected chi connectivity index (χ4v) is 5.95. The summed E-state index contributed by atoms with van der Waals surface area (Å²) in [5.41, 5.74) is 3.94. The molecule has 0 aromatic heterocycles. The summed E-state index contributed by atoms with van der Waals surface area (Å²) in [6.45, 7) is 2.18. The second kappa shape index (κ2) is 7.66. The molecule has 1 aromatic rings. The van der Waals surface area contributed by atoms with Crippen LogP contribution in [0.1, 0.15) is 49.1 Å². The highest BCUT2D eigenvalue weighted by molar-refractivity contribution is 7.88. The number of nitrogens with zero attached hydrogens (tertiary/aromatic N) is 2. The van der Waals surface area contributed by atoms with E-state index in [9.17, 15) is 13.5 Å². The zero-order chi connectivity index (χ0) is 19.0. The molecule has 4 rings (SSSR count). The normalized spacial score (nSPS) is 30.1. The van der Waals surface area contributed by atoms with Crippen molar-refractivity contribution in [3.63, 3.8) is 0 Å². The van der Waals surface area contributed by atoms with Crippen molar-refractivity contribution in [3.05, 3.63) is 41.5 Å². The van der Waals surface area contributed by atoms with Crippen molar-refractivity contribution >= 4 is 15.6 Å². The number of sulfonamides is 1. The molecule has 6 heteroatoms. The van der Waals surface area contributed by atoms with Crippen LogP contribution >= 0.6 is 0 Å². The van der Waals surface area contributed by atoms with E-state index in [4.69, 9.17) is 0 Å². The van der Waals surface area contributed by atoms with Crippen LogP contribution in [0.15, 0.2) is 30.3 Å². The molecule has 3 atom stereocenters.